The zero-order valence-electron chi connectivity index (χ0n) is 12.2. The second-order valence-corrected chi connectivity index (χ2v) is 8.91. The van der Waals surface area contributed by atoms with Crippen LogP contribution in [0.25, 0.3) is 0 Å². The van der Waals surface area contributed by atoms with E-state index in [1.54, 1.807) is 6.07 Å². The first-order valence-corrected chi connectivity index (χ1v) is 10.4. The van der Waals surface area contributed by atoms with E-state index in [2.05, 4.69) is 12.2 Å². The van der Waals surface area contributed by atoms with Gasteiger partial charge in [0.1, 0.15) is 4.21 Å². The molecule has 1 heterocycles. The third-order valence-corrected chi connectivity index (χ3v) is 6.27. The van der Waals surface area contributed by atoms with Crippen LogP contribution in [-0.4, -0.2) is 14.3 Å². The number of carbonyl (C=O) groups excluding carboxylic acids is 1. The van der Waals surface area contributed by atoms with Crippen LogP contribution in [0.5, 0.6) is 0 Å². The van der Waals surface area contributed by atoms with Crippen molar-refractivity contribution in [3.8, 4) is 0 Å². The van der Waals surface area contributed by atoms with E-state index < -0.39 is 9.05 Å². The fraction of sp³-hybridized carbons (Fsp3) is 0.643. The SMILES string of the molecule is CCCCCCCCC(=O)NCc1ccc(S(=O)(=O)Cl)s1. The van der Waals surface area contributed by atoms with Crippen LogP contribution in [0.2, 0.25) is 0 Å². The first-order valence-electron chi connectivity index (χ1n) is 7.23. The molecule has 0 aliphatic carbocycles. The van der Waals surface area contributed by atoms with Crippen molar-refractivity contribution >= 4 is 37.0 Å². The van der Waals surface area contributed by atoms with Crippen LogP contribution in [-0.2, 0) is 20.4 Å². The van der Waals surface area contributed by atoms with Gasteiger partial charge < -0.3 is 5.32 Å². The van der Waals surface area contributed by atoms with E-state index in [9.17, 15) is 13.2 Å². The average Bonchev–Trinajstić information content (AvgIpc) is 2.89. The summed E-state index contributed by atoms with van der Waals surface area (Å²) in [5, 5.41) is 2.80. The number of unbranched alkanes of at least 4 members (excludes halogenated alkanes) is 5. The summed E-state index contributed by atoms with van der Waals surface area (Å²) >= 11 is 1.08. The lowest BCUT2D eigenvalue weighted by molar-refractivity contribution is -0.121. The number of nitrogens with one attached hydrogen (secondary N) is 1. The Morgan fingerprint density at radius 2 is 1.86 bits per heavy atom. The lowest BCUT2D eigenvalue weighted by Crippen LogP contribution is -2.21. The monoisotopic (exact) mass is 351 g/mol. The van der Waals surface area contributed by atoms with Gasteiger partial charge in [-0.25, -0.2) is 8.42 Å². The highest BCUT2D eigenvalue weighted by Gasteiger charge is 2.13. The molecule has 0 atom stereocenters. The Morgan fingerprint density at radius 1 is 1.19 bits per heavy atom. The Bertz CT molecular complexity index is 540. The third-order valence-electron chi connectivity index (χ3n) is 3.09. The van der Waals surface area contributed by atoms with Crippen LogP contribution < -0.4 is 5.32 Å². The van der Waals surface area contributed by atoms with Gasteiger partial charge in [-0.3, -0.25) is 4.79 Å². The molecule has 0 aliphatic heterocycles. The fourth-order valence-electron chi connectivity index (χ4n) is 1.92. The normalized spacial score (nSPS) is 11.5. The molecule has 7 heteroatoms. The van der Waals surface area contributed by atoms with Crippen molar-refractivity contribution in [3.63, 3.8) is 0 Å². The lowest BCUT2D eigenvalue weighted by atomic mass is 10.1. The maximum absolute atomic E-state index is 11.7. The number of amides is 1. The number of hydrogen-bond donors (Lipinski definition) is 1. The van der Waals surface area contributed by atoms with Crippen LogP contribution >= 0.6 is 22.0 Å². The first-order chi connectivity index (χ1) is 9.93. The van der Waals surface area contributed by atoms with Crippen LogP contribution in [0, 0.1) is 0 Å². The molecule has 0 saturated carbocycles. The Hall–Kier alpha value is -0.590. The second-order valence-electron chi connectivity index (χ2n) is 4.95. The maximum Gasteiger partial charge on any atom is 0.270 e. The highest BCUT2D eigenvalue weighted by atomic mass is 35.7. The lowest BCUT2D eigenvalue weighted by Gasteiger charge is -2.03. The van der Waals surface area contributed by atoms with Crippen molar-refractivity contribution in [1.29, 1.82) is 0 Å². The van der Waals surface area contributed by atoms with Gasteiger partial charge in [0.15, 0.2) is 0 Å². The van der Waals surface area contributed by atoms with Gasteiger partial charge in [0, 0.05) is 22.0 Å². The minimum atomic E-state index is -3.67. The maximum atomic E-state index is 11.7. The quantitative estimate of drug-likeness (QED) is 0.511. The standard InChI is InChI=1S/C14H22ClNO3S2/c1-2-3-4-5-6-7-8-13(17)16-11-12-9-10-14(20-12)21(15,18)19/h9-10H,2-8,11H2,1H3,(H,16,17). The molecule has 1 aromatic rings. The number of rotatable bonds is 10. The predicted molar refractivity (Wildman–Crippen MR) is 87.2 cm³/mol. The summed E-state index contributed by atoms with van der Waals surface area (Å²) in [6.45, 7) is 2.53. The van der Waals surface area contributed by atoms with E-state index in [-0.39, 0.29) is 10.1 Å². The Morgan fingerprint density at radius 3 is 2.48 bits per heavy atom. The summed E-state index contributed by atoms with van der Waals surface area (Å²) in [5.74, 6) is 0.00849. The Kier molecular flexibility index (Phi) is 8.29. The van der Waals surface area contributed by atoms with Gasteiger partial charge >= 0.3 is 0 Å². The van der Waals surface area contributed by atoms with Crippen molar-refractivity contribution in [1.82, 2.24) is 5.32 Å². The topological polar surface area (TPSA) is 63.2 Å². The molecule has 0 saturated heterocycles. The van der Waals surface area contributed by atoms with Crippen LogP contribution in [0.1, 0.15) is 56.7 Å². The van der Waals surface area contributed by atoms with Crippen molar-refractivity contribution in [2.75, 3.05) is 0 Å². The number of hydrogen-bond acceptors (Lipinski definition) is 4. The molecule has 0 fully saturated rings. The summed E-state index contributed by atoms with van der Waals surface area (Å²) in [6, 6.07) is 3.13. The van der Waals surface area contributed by atoms with E-state index in [0.29, 0.717) is 13.0 Å². The molecule has 0 radical (unpaired) electrons. The molecule has 1 amide bonds. The molecule has 1 N–H and O–H groups in total. The zero-order valence-corrected chi connectivity index (χ0v) is 14.6. The largest absolute Gasteiger partial charge is 0.351 e. The minimum absolute atomic E-state index is 0.00849. The molecule has 0 aliphatic rings. The van der Waals surface area contributed by atoms with Gasteiger partial charge in [-0.15, -0.1) is 11.3 Å². The van der Waals surface area contributed by atoms with Crippen LogP contribution in [0.4, 0.5) is 0 Å². The van der Waals surface area contributed by atoms with Crippen molar-refractivity contribution in [2.24, 2.45) is 0 Å². The molecule has 4 nitrogen and oxygen atoms in total. The number of halogens is 1. The second kappa shape index (κ2) is 9.43. The molecule has 0 aromatic carbocycles. The van der Waals surface area contributed by atoms with Gasteiger partial charge in [0.25, 0.3) is 9.05 Å². The van der Waals surface area contributed by atoms with E-state index in [0.717, 1.165) is 29.1 Å². The number of thiophene rings is 1. The summed E-state index contributed by atoms with van der Waals surface area (Å²) in [4.78, 5) is 12.4. The molecule has 0 unspecified atom stereocenters. The van der Waals surface area contributed by atoms with E-state index in [4.69, 9.17) is 10.7 Å². The summed E-state index contributed by atoms with van der Waals surface area (Å²) in [5.41, 5.74) is 0. The molecule has 21 heavy (non-hydrogen) atoms. The van der Waals surface area contributed by atoms with Crippen molar-refractivity contribution in [2.45, 2.75) is 62.6 Å². The number of carbonyl (C=O) groups is 1. The molecule has 0 bridgehead atoms. The molecular formula is C14H22ClNO3S2. The molecule has 0 spiro atoms. The van der Waals surface area contributed by atoms with E-state index in [1.165, 1.54) is 31.7 Å². The zero-order chi connectivity index (χ0) is 15.7. The molecule has 120 valence electrons. The van der Waals surface area contributed by atoms with Crippen LogP contribution in [0.3, 0.4) is 0 Å². The van der Waals surface area contributed by atoms with Gasteiger partial charge in [-0.2, -0.15) is 0 Å². The highest BCUT2D eigenvalue weighted by Crippen LogP contribution is 2.24. The van der Waals surface area contributed by atoms with Crippen LogP contribution in [0.15, 0.2) is 16.3 Å². The van der Waals surface area contributed by atoms with E-state index >= 15 is 0 Å². The predicted octanol–water partition coefficient (Wildman–Crippen LogP) is 4.04. The molecule has 1 rings (SSSR count). The van der Waals surface area contributed by atoms with Crippen molar-refractivity contribution in [3.05, 3.63) is 17.0 Å². The summed E-state index contributed by atoms with van der Waals surface area (Å²) in [6.07, 6.45) is 7.42. The van der Waals surface area contributed by atoms with E-state index in [1.807, 2.05) is 0 Å². The Labute approximate surface area is 135 Å². The third kappa shape index (κ3) is 7.83. The molecular weight excluding hydrogens is 330 g/mol. The minimum Gasteiger partial charge on any atom is -0.351 e. The first kappa shape index (κ1) is 18.5. The highest BCUT2D eigenvalue weighted by molar-refractivity contribution is 8.15. The van der Waals surface area contributed by atoms with Gasteiger partial charge in [0.05, 0.1) is 6.54 Å². The van der Waals surface area contributed by atoms with Gasteiger partial charge in [0.2, 0.25) is 5.91 Å². The van der Waals surface area contributed by atoms with Gasteiger partial charge in [-0.1, -0.05) is 39.0 Å². The smallest absolute Gasteiger partial charge is 0.270 e. The fourth-order valence-corrected chi connectivity index (χ4v) is 3.99. The average molecular weight is 352 g/mol. The summed E-state index contributed by atoms with van der Waals surface area (Å²) < 4.78 is 22.4. The Balaban J connectivity index is 2.20. The summed E-state index contributed by atoms with van der Waals surface area (Å²) in [7, 11) is 1.58. The van der Waals surface area contributed by atoms with Crippen molar-refractivity contribution < 1.29 is 13.2 Å². The molecule has 1 aromatic heterocycles. The van der Waals surface area contributed by atoms with Gasteiger partial charge in [-0.05, 0) is 18.6 Å².